The molecule has 0 N–H and O–H groups in total. The fourth-order valence-electron chi connectivity index (χ4n) is 3.95. The maximum Gasteiger partial charge on any atom is 0.253 e. The van der Waals surface area contributed by atoms with Crippen LogP contribution in [0, 0.1) is 0 Å². The van der Waals surface area contributed by atoms with Crippen molar-refractivity contribution in [1.82, 2.24) is 14.4 Å². The number of piperazine rings is 1. The van der Waals surface area contributed by atoms with Gasteiger partial charge in [0, 0.05) is 61.9 Å². The topological polar surface area (TPSA) is 62.6 Å². The Labute approximate surface area is 147 Å². The van der Waals surface area contributed by atoms with Crippen LogP contribution >= 0.6 is 0 Å². The van der Waals surface area contributed by atoms with Crippen LogP contribution in [0.25, 0.3) is 10.9 Å². The predicted octanol–water partition coefficient (Wildman–Crippen LogP) is 1.12. The number of aromatic nitrogens is 1. The number of rotatable bonds is 2. The largest absolute Gasteiger partial charge is 0.351 e. The zero-order chi connectivity index (χ0) is 17.6. The van der Waals surface area contributed by atoms with E-state index in [0.29, 0.717) is 18.8 Å². The van der Waals surface area contributed by atoms with Crippen LogP contribution in [-0.2, 0) is 16.9 Å². The molecule has 2 aliphatic heterocycles. The number of carbonyl (C=O) groups is 1. The quantitative estimate of drug-likeness (QED) is 0.804. The van der Waals surface area contributed by atoms with Crippen molar-refractivity contribution in [2.24, 2.45) is 7.05 Å². The number of fused-ring (bicyclic) bond motifs is 1. The summed E-state index contributed by atoms with van der Waals surface area (Å²) in [7, 11) is -0.868. The lowest BCUT2D eigenvalue weighted by atomic mass is 10.1. The molecule has 2 aromatic rings. The van der Waals surface area contributed by atoms with E-state index in [9.17, 15) is 13.2 Å². The molecule has 0 spiro atoms. The summed E-state index contributed by atoms with van der Waals surface area (Å²) < 4.78 is 25.4. The number of sulfone groups is 1. The summed E-state index contributed by atoms with van der Waals surface area (Å²) in [4.78, 5) is 16.9. The summed E-state index contributed by atoms with van der Waals surface area (Å²) >= 11 is 0. The second kappa shape index (κ2) is 6.14. The molecular formula is C18H23N3O3S. The zero-order valence-electron chi connectivity index (χ0n) is 14.4. The number of benzene rings is 1. The molecule has 4 rings (SSSR count). The number of aryl methyl sites for hydroxylation is 1. The zero-order valence-corrected chi connectivity index (χ0v) is 15.2. The second-order valence-electron chi connectivity index (χ2n) is 7.09. The van der Waals surface area contributed by atoms with Gasteiger partial charge in [-0.05, 0) is 30.7 Å². The highest BCUT2D eigenvalue weighted by molar-refractivity contribution is 7.91. The van der Waals surface area contributed by atoms with Crippen molar-refractivity contribution in [2.75, 3.05) is 37.7 Å². The average Bonchev–Trinajstić information content (AvgIpc) is 3.16. The first-order chi connectivity index (χ1) is 11.9. The second-order valence-corrected chi connectivity index (χ2v) is 9.31. The fraction of sp³-hybridized carbons (Fsp3) is 0.500. The predicted molar refractivity (Wildman–Crippen MR) is 97.5 cm³/mol. The van der Waals surface area contributed by atoms with E-state index in [1.54, 1.807) is 0 Å². The molecule has 2 aliphatic rings. The van der Waals surface area contributed by atoms with Gasteiger partial charge in [-0.1, -0.05) is 0 Å². The Balaban J connectivity index is 1.42. The molecule has 134 valence electrons. The molecule has 6 nitrogen and oxygen atoms in total. The highest BCUT2D eigenvalue weighted by Crippen LogP contribution is 2.21. The van der Waals surface area contributed by atoms with Crippen LogP contribution in [0.15, 0.2) is 30.5 Å². The fourth-order valence-corrected chi connectivity index (χ4v) is 5.71. The van der Waals surface area contributed by atoms with E-state index in [1.807, 2.05) is 47.0 Å². The molecule has 2 saturated heterocycles. The van der Waals surface area contributed by atoms with Crippen LogP contribution in [0.3, 0.4) is 0 Å². The highest BCUT2D eigenvalue weighted by atomic mass is 32.2. The Hall–Kier alpha value is -1.86. The van der Waals surface area contributed by atoms with E-state index in [-0.39, 0.29) is 17.7 Å². The van der Waals surface area contributed by atoms with Crippen LogP contribution in [0.4, 0.5) is 0 Å². The summed E-state index contributed by atoms with van der Waals surface area (Å²) in [5.41, 5.74) is 1.83. The van der Waals surface area contributed by atoms with Gasteiger partial charge in [0.2, 0.25) is 0 Å². The highest BCUT2D eigenvalue weighted by Gasteiger charge is 2.34. The van der Waals surface area contributed by atoms with E-state index >= 15 is 0 Å². The number of amides is 1. The maximum atomic E-state index is 12.8. The van der Waals surface area contributed by atoms with E-state index < -0.39 is 9.84 Å². The van der Waals surface area contributed by atoms with Gasteiger partial charge in [-0.2, -0.15) is 0 Å². The molecule has 7 heteroatoms. The Kier molecular flexibility index (Phi) is 4.08. The van der Waals surface area contributed by atoms with Crippen LogP contribution in [0.2, 0.25) is 0 Å². The van der Waals surface area contributed by atoms with Crippen molar-refractivity contribution < 1.29 is 13.2 Å². The normalized spacial score (nSPS) is 24.0. The lowest BCUT2D eigenvalue weighted by Crippen LogP contribution is -2.52. The van der Waals surface area contributed by atoms with Crippen molar-refractivity contribution in [2.45, 2.75) is 12.5 Å². The van der Waals surface area contributed by atoms with Crippen LogP contribution in [0.1, 0.15) is 16.8 Å². The van der Waals surface area contributed by atoms with Crippen molar-refractivity contribution in [1.29, 1.82) is 0 Å². The van der Waals surface area contributed by atoms with Gasteiger partial charge in [0.1, 0.15) is 0 Å². The molecule has 0 aliphatic carbocycles. The molecule has 3 heterocycles. The molecule has 0 saturated carbocycles. The summed E-state index contributed by atoms with van der Waals surface area (Å²) in [6.45, 7) is 2.81. The van der Waals surface area contributed by atoms with E-state index in [0.717, 1.165) is 36.0 Å². The molecule has 1 amide bonds. The Morgan fingerprint density at radius 1 is 1.12 bits per heavy atom. The summed E-state index contributed by atoms with van der Waals surface area (Å²) in [6.07, 6.45) is 2.72. The minimum absolute atomic E-state index is 0.0597. The third-order valence-corrected chi connectivity index (χ3v) is 7.21. The first kappa shape index (κ1) is 16.6. The van der Waals surface area contributed by atoms with E-state index in [2.05, 4.69) is 4.90 Å². The molecule has 2 fully saturated rings. The molecule has 1 aromatic heterocycles. The number of carbonyl (C=O) groups excluding carboxylic acids is 1. The van der Waals surface area contributed by atoms with Gasteiger partial charge >= 0.3 is 0 Å². The minimum atomic E-state index is -2.86. The SMILES string of the molecule is Cn1ccc2cc(C(=O)N3CCN([C@H]4CCS(=O)(=O)C4)CC3)ccc21. The lowest BCUT2D eigenvalue weighted by molar-refractivity contribution is 0.0588. The van der Waals surface area contributed by atoms with Crippen molar-refractivity contribution in [3.8, 4) is 0 Å². The summed E-state index contributed by atoms with van der Waals surface area (Å²) in [6, 6.07) is 7.98. The smallest absolute Gasteiger partial charge is 0.253 e. The van der Waals surface area contributed by atoms with Crippen LogP contribution in [0.5, 0.6) is 0 Å². The first-order valence-electron chi connectivity index (χ1n) is 8.72. The van der Waals surface area contributed by atoms with Gasteiger partial charge in [0.05, 0.1) is 11.5 Å². The summed E-state index contributed by atoms with van der Waals surface area (Å²) in [5.74, 6) is 0.629. The van der Waals surface area contributed by atoms with Gasteiger partial charge < -0.3 is 9.47 Å². The first-order valence-corrected chi connectivity index (χ1v) is 10.5. The van der Waals surface area contributed by atoms with Gasteiger partial charge in [-0.3, -0.25) is 9.69 Å². The molecule has 0 radical (unpaired) electrons. The summed E-state index contributed by atoms with van der Waals surface area (Å²) in [5, 5.41) is 1.07. The number of hydrogen-bond donors (Lipinski definition) is 0. The van der Waals surface area contributed by atoms with Crippen molar-refractivity contribution in [3.63, 3.8) is 0 Å². The third kappa shape index (κ3) is 3.18. The molecule has 0 unspecified atom stereocenters. The maximum absolute atomic E-state index is 12.8. The standard InChI is InChI=1S/C18H23N3O3S/c1-19-6-4-14-12-15(2-3-17(14)19)18(22)21-9-7-20(8-10-21)16-5-11-25(23,24)13-16/h2-4,6,12,16H,5,7-11,13H2,1H3/t16-/m0/s1. The molecule has 0 bridgehead atoms. The van der Waals surface area contributed by atoms with Gasteiger partial charge in [-0.15, -0.1) is 0 Å². The van der Waals surface area contributed by atoms with Crippen LogP contribution in [-0.4, -0.2) is 72.4 Å². The number of nitrogens with zero attached hydrogens (tertiary/aromatic N) is 3. The minimum Gasteiger partial charge on any atom is -0.351 e. The Morgan fingerprint density at radius 3 is 2.56 bits per heavy atom. The van der Waals surface area contributed by atoms with Gasteiger partial charge in [0.25, 0.3) is 5.91 Å². The van der Waals surface area contributed by atoms with Crippen LogP contribution < -0.4 is 0 Å². The van der Waals surface area contributed by atoms with Gasteiger partial charge in [0.15, 0.2) is 9.84 Å². The Bertz CT molecular complexity index is 911. The monoisotopic (exact) mass is 361 g/mol. The van der Waals surface area contributed by atoms with E-state index in [1.165, 1.54) is 0 Å². The average molecular weight is 361 g/mol. The molecular weight excluding hydrogens is 338 g/mol. The third-order valence-electron chi connectivity index (χ3n) is 5.46. The lowest BCUT2D eigenvalue weighted by Gasteiger charge is -2.37. The number of hydrogen-bond acceptors (Lipinski definition) is 4. The van der Waals surface area contributed by atoms with Gasteiger partial charge in [-0.25, -0.2) is 8.42 Å². The van der Waals surface area contributed by atoms with Crippen molar-refractivity contribution in [3.05, 3.63) is 36.0 Å². The Morgan fingerprint density at radius 2 is 1.88 bits per heavy atom. The molecule has 1 aromatic carbocycles. The molecule has 1 atom stereocenters. The van der Waals surface area contributed by atoms with E-state index in [4.69, 9.17) is 0 Å². The molecule has 25 heavy (non-hydrogen) atoms. The van der Waals surface area contributed by atoms with Crippen molar-refractivity contribution >= 4 is 26.6 Å².